The Morgan fingerprint density at radius 1 is 1.47 bits per heavy atom. The van der Waals surface area contributed by atoms with Crippen LogP contribution in [0.4, 0.5) is 4.39 Å². The van der Waals surface area contributed by atoms with Crippen LogP contribution in [0.2, 0.25) is 0 Å². The number of carbonyl (C=O) groups is 1. The lowest BCUT2D eigenvalue weighted by atomic mass is 10.1. The molecule has 5 nitrogen and oxygen atoms in total. The molecule has 0 heterocycles. The van der Waals surface area contributed by atoms with Crippen molar-refractivity contribution in [3.63, 3.8) is 0 Å². The fourth-order valence-corrected chi connectivity index (χ4v) is 2.10. The number of carboxylic acid groups (broad SMARTS) is 1. The van der Waals surface area contributed by atoms with E-state index >= 15 is 0 Å². The molecule has 7 heteroatoms. The summed E-state index contributed by atoms with van der Waals surface area (Å²) in [6.07, 6.45) is 0. The van der Waals surface area contributed by atoms with E-state index in [1.165, 1.54) is 14.2 Å². The molecule has 1 unspecified atom stereocenters. The SMILES string of the molecule is COc1c(F)cc(C(N)C(=O)O)c(OC)c1Br. The van der Waals surface area contributed by atoms with Gasteiger partial charge >= 0.3 is 5.97 Å². The summed E-state index contributed by atoms with van der Waals surface area (Å²) in [4.78, 5) is 10.8. The third-order valence-corrected chi connectivity index (χ3v) is 2.89. The molecular formula is C10H11BrFNO4. The number of ether oxygens (including phenoxy) is 2. The summed E-state index contributed by atoms with van der Waals surface area (Å²) in [7, 11) is 2.62. The summed E-state index contributed by atoms with van der Waals surface area (Å²) in [5.41, 5.74) is 5.47. The van der Waals surface area contributed by atoms with E-state index in [0.717, 1.165) is 6.07 Å². The van der Waals surface area contributed by atoms with Crippen LogP contribution < -0.4 is 15.2 Å². The van der Waals surface area contributed by atoms with E-state index in [1.807, 2.05) is 0 Å². The second-order valence-corrected chi connectivity index (χ2v) is 3.94. The largest absolute Gasteiger partial charge is 0.495 e. The minimum Gasteiger partial charge on any atom is -0.495 e. The molecule has 3 N–H and O–H groups in total. The van der Waals surface area contributed by atoms with Gasteiger partial charge in [-0.2, -0.15) is 0 Å². The fourth-order valence-electron chi connectivity index (χ4n) is 1.36. The third kappa shape index (κ3) is 2.50. The summed E-state index contributed by atoms with van der Waals surface area (Å²) < 4.78 is 23.6. The fraction of sp³-hybridized carbons (Fsp3) is 0.300. The molecule has 0 fully saturated rings. The van der Waals surface area contributed by atoms with Gasteiger partial charge in [0.25, 0.3) is 0 Å². The van der Waals surface area contributed by atoms with Gasteiger partial charge in [0.15, 0.2) is 11.6 Å². The molecule has 0 spiro atoms. The lowest BCUT2D eigenvalue weighted by Gasteiger charge is -2.16. The predicted octanol–water partition coefficient (Wildman–Crippen LogP) is 1.69. The smallest absolute Gasteiger partial charge is 0.325 e. The first-order valence-electron chi connectivity index (χ1n) is 4.52. The number of methoxy groups -OCH3 is 2. The monoisotopic (exact) mass is 307 g/mol. The van der Waals surface area contributed by atoms with Crippen LogP contribution in [0.5, 0.6) is 11.5 Å². The molecule has 1 aromatic carbocycles. The first-order valence-corrected chi connectivity index (χ1v) is 5.31. The van der Waals surface area contributed by atoms with E-state index < -0.39 is 17.8 Å². The predicted molar refractivity (Wildman–Crippen MR) is 61.8 cm³/mol. The van der Waals surface area contributed by atoms with Crippen LogP contribution in [0.1, 0.15) is 11.6 Å². The number of rotatable bonds is 4. The van der Waals surface area contributed by atoms with Crippen molar-refractivity contribution in [1.82, 2.24) is 0 Å². The Labute approximate surface area is 105 Å². The molecule has 94 valence electrons. The summed E-state index contributed by atoms with van der Waals surface area (Å²) >= 11 is 3.08. The Morgan fingerprint density at radius 2 is 2.00 bits per heavy atom. The molecule has 1 aromatic rings. The Bertz CT molecular complexity index is 452. The zero-order valence-electron chi connectivity index (χ0n) is 9.16. The molecule has 0 aliphatic carbocycles. The van der Waals surface area contributed by atoms with Gasteiger partial charge in [0, 0.05) is 5.56 Å². The number of halogens is 2. The van der Waals surface area contributed by atoms with Gasteiger partial charge in [-0.15, -0.1) is 0 Å². The minimum atomic E-state index is -1.37. The average molecular weight is 308 g/mol. The highest BCUT2D eigenvalue weighted by Gasteiger charge is 2.25. The van der Waals surface area contributed by atoms with Gasteiger partial charge in [0.1, 0.15) is 16.3 Å². The van der Waals surface area contributed by atoms with Crippen molar-refractivity contribution in [2.24, 2.45) is 5.73 Å². The standard InChI is InChI=1S/C10H11BrFNO4/c1-16-8-4(7(13)10(14)15)3-5(12)9(17-2)6(8)11/h3,7H,13H2,1-2H3,(H,14,15). The van der Waals surface area contributed by atoms with E-state index in [0.29, 0.717) is 0 Å². The zero-order valence-corrected chi connectivity index (χ0v) is 10.7. The first-order chi connectivity index (χ1) is 7.93. The third-order valence-electron chi connectivity index (χ3n) is 2.17. The van der Waals surface area contributed by atoms with E-state index in [4.69, 9.17) is 20.3 Å². The molecule has 0 radical (unpaired) electrons. The number of aliphatic carboxylic acids is 1. The van der Waals surface area contributed by atoms with Gasteiger partial charge < -0.3 is 20.3 Å². The maximum Gasteiger partial charge on any atom is 0.325 e. The van der Waals surface area contributed by atoms with E-state index in [2.05, 4.69) is 15.9 Å². The van der Waals surface area contributed by atoms with Crippen LogP contribution in [0.15, 0.2) is 10.5 Å². The summed E-state index contributed by atoms with van der Waals surface area (Å²) in [6, 6.07) is -0.386. The highest BCUT2D eigenvalue weighted by Crippen LogP contribution is 2.41. The van der Waals surface area contributed by atoms with Crippen molar-refractivity contribution in [1.29, 1.82) is 0 Å². The van der Waals surface area contributed by atoms with Crippen LogP contribution >= 0.6 is 15.9 Å². The Kier molecular flexibility index (Phi) is 4.30. The van der Waals surface area contributed by atoms with E-state index in [-0.39, 0.29) is 21.5 Å². The Hall–Kier alpha value is -1.34. The first kappa shape index (κ1) is 13.7. The average Bonchev–Trinajstić information content (AvgIpc) is 2.27. The van der Waals surface area contributed by atoms with Crippen molar-refractivity contribution in [2.75, 3.05) is 14.2 Å². The highest BCUT2D eigenvalue weighted by atomic mass is 79.9. The Balaban J connectivity index is 3.46. The topological polar surface area (TPSA) is 81.8 Å². The van der Waals surface area contributed by atoms with Crippen molar-refractivity contribution < 1.29 is 23.8 Å². The molecule has 0 aliphatic rings. The second kappa shape index (κ2) is 5.33. The molecule has 0 amide bonds. The number of nitrogens with two attached hydrogens (primary N) is 1. The van der Waals surface area contributed by atoms with Crippen molar-refractivity contribution in [3.8, 4) is 11.5 Å². The molecule has 0 aromatic heterocycles. The van der Waals surface area contributed by atoms with Gasteiger partial charge in [0.05, 0.1) is 14.2 Å². The number of hydrogen-bond acceptors (Lipinski definition) is 4. The number of carboxylic acids is 1. The highest BCUT2D eigenvalue weighted by molar-refractivity contribution is 9.10. The summed E-state index contributed by atoms with van der Waals surface area (Å²) in [5, 5.41) is 8.81. The molecule has 1 atom stereocenters. The van der Waals surface area contributed by atoms with E-state index in [1.54, 1.807) is 0 Å². The minimum absolute atomic E-state index is 0.0326. The summed E-state index contributed by atoms with van der Waals surface area (Å²) in [5.74, 6) is -1.92. The maximum atomic E-state index is 13.6. The Morgan fingerprint density at radius 3 is 2.41 bits per heavy atom. The lowest BCUT2D eigenvalue weighted by Crippen LogP contribution is -2.21. The van der Waals surface area contributed by atoms with Gasteiger partial charge in [-0.1, -0.05) is 0 Å². The summed E-state index contributed by atoms with van der Waals surface area (Å²) in [6.45, 7) is 0. The van der Waals surface area contributed by atoms with Gasteiger partial charge in [0.2, 0.25) is 0 Å². The van der Waals surface area contributed by atoms with E-state index in [9.17, 15) is 9.18 Å². The number of hydrogen-bond donors (Lipinski definition) is 2. The lowest BCUT2D eigenvalue weighted by molar-refractivity contribution is -0.138. The van der Waals surface area contributed by atoms with Crippen LogP contribution in [-0.2, 0) is 4.79 Å². The second-order valence-electron chi connectivity index (χ2n) is 3.14. The van der Waals surface area contributed by atoms with Crippen molar-refractivity contribution in [3.05, 3.63) is 21.9 Å². The molecule has 0 saturated heterocycles. The van der Waals surface area contributed by atoms with Crippen LogP contribution in [0, 0.1) is 5.82 Å². The van der Waals surface area contributed by atoms with Crippen LogP contribution in [-0.4, -0.2) is 25.3 Å². The molecule has 17 heavy (non-hydrogen) atoms. The molecule has 0 saturated carbocycles. The zero-order chi connectivity index (χ0) is 13.2. The van der Waals surface area contributed by atoms with Gasteiger partial charge in [-0.25, -0.2) is 4.39 Å². The van der Waals surface area contributed by atoms with Crippen LogP contribution in [0.3, 0.4) is 0 Å². The number of benzene rings is 1. The maximum absolute atomic E-state index is 13.6. The van der Waals surface area contributed by atoms with Crippen molar-refractivity contribution >= 4 is 21.9 Å². The molecule has 1 rings (SSSR count). The quantitative estimate of drug-likeness (QED) is 0.884. The van der Waals surface area contributed by atoms with Crippen LogP contribution in [0.25, 0.3) is 0 Å². The normalized spacial score (nSPS) is 12.1. The van der Waals surface area contributed by atoms with Gasteiger partial charge in [-0.05, 0) is 22.0 Å². The van der Waals surface area contributed by atoms with Crippen molar-refractivity contribution in [2.45, 2.75) is 6.04 Å². The molecule has 0 aliphatic heterocycles. The molecular weight excluding hydrogens is 297 g/mol. The molecule has 0 bridgehead atoms. The van der Waals surface area contributed by atoms with Gasteiger partial charge in [-0.3, -0.25) is 4.79 Å².